The van der Waals surface area contributed by atoms with Crippen LogP contribution in [0.5, 0.6) is 0 Å². The molecule has 0 aliphatic carbocycles. The van der Waals surface area contributed by atoms with Crippen molar-refractivity contribution in [3.8, 4) is 0 Å². The SMILES string of the molecule is CC(C)CCCC(C)Nc1cc(N)ccc1C(=O)N(C)C. The highest BCUT2D eigenvalue weighted by Gasteiger charge is 2.15. The molecule has 1 atom stereocenters. The van der Waals surface area contributed by atoms with E-state index in [1.165, 1.54) is 12.8 Å². The van der Waals surface area contributed by atoms with E-state index in [1.807, 2.05) is 6.07 Å². The van der Waals surface area contributed by atoms with Gasteiger partial charge in [0.25, 0.3) is 5.91 Å². The van der Waals surface area contributed by atoms with Gasteiger partial charge in [0.2, 0.25) is 0 Å². The minimum atomic E-state index is -0.00752. The van der Waals surface area contributed by atoms with Gasteiger partial charge >= 0.3 is 0 Å². The number of carbonyl (C=O) groups excluding carboxylic acids is 1. The minimum absolute atomic E-state index is 0.00752. The molecule has 1 rings (SSSR count). The van der Waals surface area contributed by atoms with E-state index in [4.69, 9.17) is 5.73 Å². The van der Waals surface area contributed by atoms with Crippen LogP contribution in [-0.4, -0.2) is 30.9 Å². The molecule has 0 radical (unpaired) electrons. The number of nitrogen functional groups attached to an aromatic ring is 1. The smallest absolute Gasteiger partial charge is 0.255 e. The summed E-state index contributed by atoms with van der Waals surface area (Å²) in [6, 6.07) is 5.72. The lowest BCUT2D eigenvalue weighted by atomic mass is 10.0. The van der Waals surface area contributed by atoms with E-state index in [0.29, 0.717) is 17.3 Å². The second-order valence-corrected chi connectivity index (χ2v) is 6.37. The van der Waals surface area contributed by atoms with Gasteiger partial charge in [0.05, 0.1) is 5.56 Å². The number of hydrogen-bond donors (Lipinski definition) is 2. The zero-order chi connectivity index (χ0) is 16.0. The fourth-order valence-corrected chi connectivity index (χ4v) is 2.28. The highest BCUT2D eigenvalue weighted by molar-refractivity contribution is 6.00. The van der Waals surface area contributed by atoms with E-state index in [1.54, 1.807) is 31.1 Å². The third-order valence-corrected chi connectivity index (χ3v) is 3.50. The monoisotopic (exact) mass is 291 g/mol. The van der Waals surface area contributed by atoms with Gasteiger partial charge in [-0.3, -0.25) is 4.79 Å². The van der Waals surface area contributed by atoms with Crippen molar-refractivity contribution < 1.29 is 4.79 Å². The molecule has 0 saturated heterocycles. The second kappa shape index (κ2) is 7.91. The van der Waals surface area contributed by atoms with E-state index in [-0.39, 0.29) is 5.91 Å². The Morgan fingerprint density at radius 3 is 2.48 bits per heavy atom. The maximum absolute atomic E-state index is 12.2. The van der Waals surface area contributed by atoms with Crippen LogP contribution < -0.4 is 11.1 Å². The Kier molecular flexibility index (Phi) is 6.53. The van der Waals surface area contributed by atoms with Gasteiger partial charge < -0.3 is 16.0 Å². The van der Waals surface area contributed by atoms with Crippen molar-refractivity contribution in [1.82, 2.24) is 4.90 Å². The maximum atomic E-state index is 12.2. The predicted octanol–water partition coefficient (Wildman–Crippen LogP) is 3.60. The number of nitrogens with zero attached hydrogens (tertiary/aromatic N) is 1. The van der Waals surface area contributed by atoms with Crippen LogP contribution in [-0.2, 0) is 0 Å². The lowest BCUT2D eigenvalue weighted by molar-refractivity contribution is 0.0828. The van der Waals surface area contributed by atoms with Gasteiger partial charge in [-0.1, -0.05) is 26.7 Å². The van der Waals surface area contributed by atoms with Crippen LogP contribution in [0, 0.1) is 5.92 Å². The quantitative estimate of drug-likeness (QED) is 0.755. The predicted molar refractivity (Wildman–Crippen MR) is 90.6 cm³/mol. The Morgan fingerprint density at radius 1 is 1.24 bits per heavy atom. The summed E-state index contributed by atoms with van der Waals surface area (Å²) in [5.74, 6) is 0.724. The van der Waals surface area contributed by atoms with E-state index < -0.39 is 0 Å². The molecule has 1 amide bonds. The Hall–Kier alpha value is -1.71. The van der Waals surface area contributed by atoms with Crippen molar-refractivity contribution in [2.24, 2.45) is 5.92 Å². The number of benzene rings is 1. The van der Waals surface area contributed by atoms with Crippen LogP contribution in [0.3, 0.4) is 0 Å². The molecule has 1 aromatic carbocycles. The van der Waals surface area contributed by atoms with Gasteiger partial charge in [-0.2, -0.15) is 0 Å². The minimum Gasteiger partial charge on any atom is -0.399 e. The van der Waals surface area contributed by atoms with Crippen LogP contribution in [0.4, 0.5) is 11.4 Å². The van der Waals surface area contributed by atoms with Crippen molar-refractivity contribution >= 4 is 17.3 Å². The van der Waals surface area contributed by atoms with Gasteiger partial charge in [-0.05, 0) is 37.5 Å². The second-order valence-electron chi connectivity index (χ2n) is 6.37. The molecular weight excluding hydrogens is 262 g/mol. The molecular formula is C17H29N3O. The van der Waals surface area contributed by atoms with Crippen LogP contribution in [0.1, 0.15) is 50.4 Å². The van der Waals surface area contributed by atoms with Crippen LogP contribution >= 0.6 is 0 Å². The summed E-state index contributed by atoms with van der Waals surface area (Å²) < 4.78 is 0. The first kappa shape index (κ1) is 17.3. The fraction of sp³-hybridized carbons (Fsp3) is 0.588. The fourth-order valence-electron chi connectivity index (χ4n) is 2.28. The molecule has 0 saturated carbocycles. The van der Waals surface area contributed by atoms with Crippen molar-refractivity contribution in [3.63, 3.8) is 0 Å². The van der Waals surface area contributed by atoms with Crippen molar-refractivity contribution in [2.75, 3.05) is 25.1 Å². The number of nitrogens with two attached hydrogens (primary N) is 1. The largest absolute Gasteiger partial charge is 0.399 e. The van der Waals surface area contributed by atoms with Crippen LogP contribution in [0.25, 0.3) is 0 Å². The molecule has 21 heavy (non-hydrogen) atoms. The van der Waals surface area contributed by atoms with Crippen molar-refractivity contribution in [2.45, 2.75) is 46.1 Å². The topological polar surface area (TPSA) is 58.4 Å². The molecule has 0 fully saturated rings. The summed E-state index contributed by atoms with van der Waals surface area (Å²) in [6.45, 7) is 6.63. The molecule has 4 heteroatoms. The van der Waals surface area contributed by atoms with Crippen molar-refractivity contribution in [3.05, 3.63) is 23.8 Å². The summed E-state index contributed by atoms with van der Waals surface area (Å²) >= 11 is 0. The molecule has 4 nitrogen and oxygen atoms in total. The number of anilines is 2. The summed E-state index contributed by atoms with van der Waals surface area (Å²) in [6.07, 6.45) is 3.50. The van der Waals surface area contributed by atoms with Gasteiger partial charge in [0.1, 0.15) is 0 Å². The highest BCUT2D eigenvalue weighted by atomic mass is 16.2. The third kappa shape index (κ3) is 5.66. The average Bonchev–Trinajstić information content (AvgIpc) is 2.37. The molecule has 1 unspecified atom stereocenters. The zero-order valence-corrected chi connectivity index (χ0v) is 13.9. The normalized spacial score (nSPS) is 12.3. The zero-order valence-electron chi connectivity index (χ0n) is 13.9. The van der Waals surface area contributed by atoms with Gasteiger partial charge in [0.15, 0.2) is 0 Å². The van der Waals surface area contributed by atoms with E-state index in [0.717, 1.165) is 18.0 Å². The summed E-state index contributed by atoms with van der Waals surface area (Å²) in [4.78, 5) is 13.8. The lowest BCUT2D eigenvalue weighted by Crippen LogP contribution is -2.24. The summed E-state index contributed by atoms with van der Waals surface area (Å²) in [5.41, 5.74) is 8.02. The molecule has 0 aromatic heterocycles. The maximum Gasteiger partial charge on any atom is 0.255 e. The molecule has 0 bridgehead atoms. The van der Waals surface area contributed by atoms with E-state index in [2.05, 4.69) is 26.1 Å². The molecule has 118 valence electrons. The van der Waals surface area contributed by atoms with Gasteiger partial charge in [0, 0.05) is 31.5 Å². The van der Waals surface area contributed by atoms with Crippen LogP contribution in [0.15, 0.2) is 18.2 Å². The van der Waals surface area contributed by atoms with Gasteiger partial charge in [-0.25, -0.2) is 0 Å². The molecule has 3 N–H and O–H groups in total. The lowest BCUT2D eigenvalue weighted by Gasteiger charge is -2.20. The first-order valence-electron chi connectivity index (χ1n) is 7.69. The Labute approximate surface area is 128 Å². The molecule has 0 heterocycles. The molecule has 0 spiro atoms. The Bertz CT molecular complexity index is 469. The number of hydrogen-bond acceptors (Lipinski definition) is 3. The van der Waals surface area contributed by atoms with E-state index >= 15 is 0 Å². The average molecular weight is 291 g/mol. The Balaban J connectivity index is 2.76. The highest BCUT2D eigenvalue weighted by Crippen LogP contribution is 2.22. The number of rotatable bonds is 7. The number of carbonyl (C=O) groups is 1. The van der Waals surface area contributed by atoms with Crippen molar-refractivity contribution in [1.29, 1.82) is 0 Å². The molecule has 0 aliphatic heterocycles. The third-order valence-electron chi connectivity index (χ3n) is 3.50. The molecule has 0 aliphatic rings. The van der Waals surface area contributed by atoms with Crippen LogP contribution in [0.2, 0.25) is 0 Å². The van der Waals surface area contributed by atoms with E-state index in [9.17, 15) is 4.79 Å². The number of nitrogens with one attached hydrogen (secondary N) is 1. The first-order chi connectivity index (χ1) is 9.81. The standard InChI is InChI=1S/C17H29N3O/c1-12(2)7-6-8-13(3)19-16-11-14(18)9-10-15(16)17(21)20(4)5/h9-13,19H,6-8,18H2,1-5H3. The summed E-state index contributed by atoms with van der Waals surface area (Å²) in [5, 5.41) is 3.43. The van der Waals surface area contributed by atoms with Gasteiger partial charge in [-0.15, -0.1) is 0 Å². The molecule has 1 aromatic rings. The number of amides is 1. The Morgan fingerprint density at radius 2 is 1.90 bits per heavy atom. The summed E-state index contributed by atoms with van der Waals surface area (Å²) in [7, 11) is 3.52. The first-order valence-corrected chi connectivity index (χ1v) is 7.69.